The molecule has 18 heavy (non-hydrogen) atoms. The molecular weight excluding hydrogens is 238 g/mol. The quantitative estimate of drug-likeness (QED) is 0.643. The molecule has 7 heteroatoms. The van der Waals surface area contributed by atoms with Gasteiger partial charge >= 0.3 is 0 Å². The molecule has 2 N–H and O–H groups in total. The van der Waals surface area contributed by atoms with Crippen molar-refractivity contribution < 1.29 is 18.7 Å². The van der Waals surface area contributed by atoms with Crippen LogP contribution in [0.15, 0.2) is 4.52 Å². The highest BCUT2D eigenvalue weighted by atomic mass is 16.5. The van der Waals surface area contributed by atoms with Gasteiger partial charge in [0.25, 0.3) is 5.89 Å². The average molecular weight is 259 g/mol. The van der Waals surface area contributed by atoms with Crippen LogP contribution >= 0.6 is 0 Å². The zero-order valence-corrected chi connectivity index (χ0v) is 11.1. The molecule has 0 aromatic carbocycles. The minimum absolute atomic E-state index is 0.261. The summed E-state index contributed by atoms with van der Waals surface area (Å²) in [6, 6.07) is 0. The normalized spacial score (nSPS) is 12.0. The number of nitrogens with zero attached hydrogens (tertiary/aromatic N) is 2. The molecule has 1 aromatic rings. The third-order valence-electron chi connectivity index (χ3n) is 2.07. The number of aromatic nitrogens is 2. The molecule has 0 saturated carbocycles. The summed E-state index contributed by atoms with van der Waals surface area (Å²) in [5.74, 6) is 0.887. The van der Waals surface area contributed by atoms with E-state index in [9.17, 15) is 0 Å². The smallest absolute Gasteiger partial charge is 0.252 e. The fourth-order valence-electron chi connectivity index (χ4n) is 1.10. The van der Waals surface area contributed by atoms with E-state index in [0.717, 1.165) is 0 Å². The van der Waals surface area contributed by atoms with Gasteiger partial charge in [0.15, 0.2) is 5.82 Å². The number of hydrogen-bond acceptors (Lipinski definition) is 7. The molecule has 0 fully saturated rings. The van der Waals surface area contributed by atoms with Gasteiger partial charge in [0, 0.05) is 7.11 Å². The van der Waals surface area contributed by atoms with Crippen molar-refractivity contribution in [3.63, 3.8) is 0 Å². The van der Waals surface area contributed by atoms with E-state index in [1.165, 1.54) is 0 Å². The molecule has 1 heterocycles. The van der Waals surface area contributed by atoms with Crippen LogP contribution < -0.4 is 5.73 Å². The van der Waals surface area contributed by atoms with Crippen molar-refractivity contribution >= 4 is 0 Å². The second-order valence-corrected chi connectivity index (χ2v) is 4.39. The van der Waals surface area contributed by atoms with E-state index >= 15 is 0 Å². The number of rotatable bonds is 9. The van der Waals surface area contributed by atoms with Gasteiger partial charge in [-0.15, -0.1) is 0 Å². The summed E-state index contributed by atoms with van der Waals surface area (Å²) in [4.78, 5) is 4.14. The average Bonchev–Trinajstić information content (AvgIpc) is 2.76. The molecule has 0 aliphatic heterocycles. The van der Waals surface area contributed by atoms with Crippen molar-refractivity contribution in [2.45, 2.75) is 26.0 Å². The summed E-state index contributed by atoms with van der Waals surface area (Å²) in [5.41, 5.74) is 5.23. The zero-order chi connectivity index (χ0) is 13.4. The first kappa shape index (κ1) is 15.0. The van der Waals surface area contributed by atoms with E-state index in [1.54, 1.807) is 7.11 Å². The van der Waals surface area contributed by atoms with Crippen molar-refractivity contribution in [2.75, 3.05) is 33.5 Å². The van der Waals surface area contributed by atoms with Crippen molar-refractivity contribution in [2.24, 2.45) is 5.73 Å². The Hall–Kier alpha value is -1.02. The van der Waals surface area contributed by atoms with Gasteiger partial charge in [-0.25, -0.2) is 0 Å². The summed E-state index contributed by atoms with van der Waals surface area (Å²) in [7, 11) is 1.63. The van der Waals surface area contributed by atoms with Crippen molar-refractivity contribution in [3.05, 3.63) is 11.7 Å². The molecule has 0 aliphatic rings. The Labute approximate surface area is 107 Å². The highest BCUT2D eigenvalue weighted by molar-refractivity contribution is 4.98. The van der Waals surface area contributed by atoms with Crippen molar-refractivity contribution in [1.82, 2.24) is 10.1 Å². The number of methoxy groups -OCH3 is 1. The molecule has 0 aliphatic carbocycles. The Morgan fingerprint density at radius 2 is 1.83 bits per heavy atom. The first-order valence-corrected chi connectivity index (χ1v) is 5.80. The molecule has 104 valence electrons. The van der Waals surface area contributed by atoms with Crippen LogP contribution in [0.3, 0.4) is 0 Å². The van der Waals surface area contributed by atoms with Crippen LogP contribution in [0.1, 0.15) is 25.6 Å². The molecule has 0 radical (unpaired) electrons. The SMILES string of the molecule is COCCOCCOCc1nc(C(C)(C)N)no1. The summed E-state index contributed by atoms with van der Waals surface area (Å²) < 4.78 is 20.4. The van der Waals surface area contributed by atoms with E-state index in [1.807, 2.05) is 13.8 Å². The van der Waals surface area contributed by atoms with E-state index < -0.39 is 5.54 Å². The third-order valence-corrected chi connectivity index (χ3v) is 2.07. The minimum atomic E-state index is -0.606. The molecule has 0 saturated heterocycles. The fourth-order valence-corrected chi connectivity index (χ4v) is 1.10. The highest BCUT2D eigenvalue weighted by Crippen LogP contribution is 2.12. The van der Waals surface area contributed by atoms with E-state index in [-0.39, 0.29) is 6.61 Å². The molecule has 0 amide bonds. The summed E-state index contributed by atoms with van der Waals surface area (Å²) in [6.07, 6.45) is 0. The lowest BCUT2D eigenvalue weighted by atomic mass is 10.1. The van der Waals surface area contributed by atoms with Gasteiger partial charge in [0.1, 0.15) is 6.61 Å². The number of nitrogens with two attached hydrogens (primary N) is 1. The van der Waals surface area contributed by atoms with Gasteiger partial charge in [-0.05, 0) is 13.8 Å². The maximum Gasteiger partial charge on any atom is 0.252 e. The Kier molecular flexibility index (Phi) is 6.20. The summed E-state index contributed by atoms with van der Waals surface area (Å²) >= 11 is 0. The van der Waals surface area contributed by atoms with E-state index in [2.05, 4.69) is 10.1 Å². The van der Waals surface area contributed by atoms with Crippen LogP contribution in [-0.2, 0) is 26.4 Å². The molecule has 1 rings (SSSR count). The first-order chi connectivity index (χ1) is 8.54. The topological polar surface area (TPSA) is 92.6 Å². The lowest BCUT2D eigenvalue weighted by molar-refractivity contribution is 0.0140. The Bertz CT molecular complexity index is 335. The predicted octanol–water partition coefficient (Wildman–Crippen LogP) is 0.443. The van der Waals surface area contributed by atoms with E-state index in [4.69, 9.17) is 24.5 Å². The lowest BCUT2D eigenvalue weighted by Gasteiger charge is -2.11. The minimum Gasteiger partial charge on any atom is -0.382 e. The maximum absolute atomic E-state index is 5.84. The predicted molar refractivity (Wildman–Crippen MR) is 63.9 cm³/mol. The second kappa shape index (κ2) is 7.42. The molecule has 1 aromatic heterocycles. The molecule has 0 spiro atoms. The number of hydrogen-bond donors (Lipinski definition) is 1. The standard InChI is InChI=1S/C11H21N3O4/c1-11(2,12)10-13-9(18-14-10)8-17-7-6-16-5-4-15-3/h4-8,12H2,1-3H3. The van der Waals surface area contributed by atoms with Gasteiger partial charge < -0.3 is 24.5 Å². The molecular formula is C11H21N3O4. The molecule has 0 bridgehead atoms. The van der Waals surface area contributed by atoms with Gasteiger partial charge in [-0.2, -0.15) is 4.98 Å². The Morgan fingerprint density at radius 3 is 2.44 bits per heavy atom. The largest absolute Gasteiger partial charge is 0.382 e. The van der Waals surface area contributed by atoms with Crippen molar-refractivity contribution in [1.29, 1.82) is 0 Å². The lowest BCUT2D eigenvalue weighted by Crippen LogP contribution is -2.30. The fraction of sp³-hybridized carbons (Fsp3) is 0.818. The van der Waals surface area contributed by atoms with E-state index in [0.29, 0.717) is 38.1 Å². The highest BCUT2D eigenvalue weighted by Gasteiger charge is 2.21. The Morgan fingerprint density at radius 1 is 1.17 bits per heavy atom. The van der Waals surface area contributed by atoms with Crippen LogP contribution in [0.4, 0.5) is 0 Å². The van der Waals surface area contributed by atoms with Gasteiger partial charge in [0.2, 0.25) is 0 Å². The monoisotopic (exact) mass is 259 g/mol. The first-order valence-electron chi connectivity index (χ1n) is 5.80. The van der Waals surface area contributed by atoms with Gasteiger partial charge in [0.05, 0.1) is 32.0 Å². The van der Waals surface area contributed by atoms with Gasteiger partial charge in [-0.3, -0.25) is 0 Å². The zero-order valence-electron chi connectivity index (χ0n) is 11.1. The molecule has 0 unspecified atom stereocenters. The van der Waals surface area contributed by atoms with Crippen LogP contribution in [0, 0.1) is 0 Å². The number of ether oxygens (including phenoxy) is 3. The maximum atomic E-state index is 5.84. The van der Waals surface area contributed by atoms with Crippen molar-refractivity contribution in [3.8, 4) is 0 Å². The third kappa shape index (κ3) is 5.54. The van der Waals surface area contributed by atoms with Crippen LogP contribution in [0.25, 0.3) is 0 Å². The Balaban J connectivity index is 2.14. The molecule has 0 atom stereocenters. The van der Waals surface area contributed by atoms with Gasteiger partial charge in [-0.1, -0.05) is 5.16 Å². The summed E-state index contributed by atoms with van der Waals surface area (Å²) in [6.45, 7) is 6.00. The second-order valence-electron chi connectivity index (χ2n) is 4.39. The van der Waals surface area contributed by atoms with Crippen LogP contribution in [-0.4, -0.2) is 43.7 Å². The summed E-state index contributed by atoms with van der Waals surface area (Å²) in [5, 5.41) is 3.79. The van der Waals surface area contributed by atoms with Crippen LogP contribution in [0.2, 0.25) is 0 Å². The molecule has 7 nitrogen and oxygen atoms in total. The van der Waals surface area contributed by atoms with Crippen LogP contribution in [0.5, 0.6) is 0 Å².